The van der Waals surface area contributed by atoms with Gasteiger partial charge < -0.3 is 5.32 Å². The van der Waals surface area contributed by atoms with Crippen LogP contribution in [-0.4, -0.2) is 16.3 Å². The highest BCUT2D eigenvalue weighted by Gasteiger charge is 2.19. The smallest absolute Gasteiger partial charge is 0.159 e. The average Bonchev–Trinajstić information content (AvgIpc) is 2.71. The van der Waals surface area contributed by atoms with Crippen molar-refractivity contribution in [3.05, 3.63) is 52.9 Å². The predicted molar refractivity (Wildman–Crippen MR) is 69.8 cm³/mol. The van der Waals surface area contributed by atoms with Gasteiger partial charge >= 0.3 is 0 Å². The van der Waals surface area contributed by atoms with Crippen molar-refractivity contribution in [1.29, 1.82) is 0 Å². The summed E-state index contributed by atoms with van der Waals surface area (Å²) in [6.07, 6.45) is 1.75. The second-order valence-corrected chi connectivity index (χ2v) is 4.47. The molecule has 0 saturated heterocycles. The van der Waals surface area contributed by atoms with Crippen LogP contribution in [0.3, 0.4) is 0 Å². The van der Waals surface area contributed by atoms with E-state index in [4.69, 9.17) is 0 Å². The van der Waals surface area contributed by atoms with Crippen LogP contribution in [-0.2, 0) is 7.05 Å². The van der Waals surface area contributed by atoms with Gasteiger partial charge in [-0.2, -0.15) is 5.10 Å². The Morgan fingerprint density at radius 3 is 2.58 bits per heavy atom. The molecule has 19 heavy (non-hydrogen) atoms. The monoisotopic (exact) mass is 265 g/mol. The van der Waals surface area contributed by atoms with E-state index in [0.717, 1.165) is 23.9 Å². The van der Waals surface area contributed by atoms with Crippen molar-refractivity contribution in [2.24, 2.45) is 7.05 Å². The molecule has 2 rings (SSSR count). The van der Waals surface area contributed by atoms with Crippen molar-refractivity contribution >= 4 is 0 Å². The van der Waals surface area contributed by atoms with E-state index in [-0.39, 0.29) is 6.04 Å². The minimum absolute atomic E-state index is 0.186. The highest BCUT2D eigenvalue weighted by molar-refractivity contribution is 5.33. The molecular weight excluding hydrogens is 248 g/mol. The second-order valence-electron chi connectivity index (χ2n) is 4.47. The van der Waals surface area contributed by atoms with E-state index in [1.54, 1.807) is 16.9 Å². The van der Waals surface area contributed by atoms with Crippen LogP contribution in [0, 0.1) is 18.6 Å². The van der Waals surface area contributed by atoms with Crippen LogP contribution in [0.15, 0.2) is 24.4 Å². The van der Waals surface area contributed by atoms with E-state index >= 15 is 0 Å². The number of hydrogen-bond acceptors (Lipinski definition) is 2. The Kier molecular flexibility index (Phi) is 3.95. The highest BCUT2D eigenvalue weighted by atomic mass is 19.2. The third kappa shape index (κ3) is 2.66. The quantitative estimate of drug-likeness (QED) is 0.921. The minimum Gasteiger partial charge on any atom is -0.306 e. The van der Waals surface area contributed by atoms with Crippen molar-refractivity contribution < 1.29 is 8.78 Å². The van der Waals surface area contributed by atoms with Gasteiger partial charge in [0, 0.05) is 18.3 Å². The Morgan fingerprint density at radius 1 is 1.32 bits per heavy atom. The molecule has 0 bridgehead atoms. The zero-order valence-electron chi connectivity index (χ0n) is 11.2. The van der Waals surface area contributed by atoms with Gasteiger partial charge in [-0.1, -0.05) is 13.0 Å². The number of hydrogen-bond donors (Lipinski definition) is 1. The third-order valence-electron chi connectivity index (χ3n) is 3.27. The fourth-order valence-electron chi connectivity index (χ4n) is 2.10. The Balaban J connectivity index is 2.45. The van der Waals surface area contributed by atoms with Crippen molar-refractivity contribution in [3.8, 4) is 0 Å². The first-order valence-corrected chi connectivity index (χ1v) is 6.21. The highest BCUT2D eigenvalue weighted by Crippen LogP contribution is 2.25. The van der Waals surface area contributed by atoms with Gasteiger partial charge in [0.1, 0.15) is 0 Å². The third-order valence-corrected chi connectivity index (χ3v) is 3.27. The molecule has 0 saturated carbocycles. The number of rotatable bonds is 4. The number of halogens is 2. The maximum atomic E-state index is 13.4. The van der Waals surface area contributed by atoms with Crippen LogP contribution in [0.1, 0.15) is 29.8 Å². The Labute approximate surface area is 111 Å². The normalized spacial score (nSPS) is 12.7. The predicted octanol–water partition coefficient (Wildman–Crippen LogP) is 2.71. The molecule has 1 N–H and O–H groups in total. The van der Waals surface area contributed by atoms with Crippen molar-refractivity contribution in [1.82, 2.24) is 15.1 Å². The molecule has 0 radical (unpaired) electrons. The first kappa shape index (κ1) is 13.7. The van der Waals surface area contributed by atoms with Gasteiger partial charge in [-0.3, -0.25) is 4.68 Å². The van der Waals surface area contributed by atoms with Crippen LogP contribution < -0.4 is 5.32 Å². The zero-order valence-corrected chi connectivity index (χ0v) is 11.2. The standard InChI is InChI=1S/C14H17F2N3/c1-4-17-14(11-8-18-19(3)9(11)2)10-5-6-12(15)13(16)7-10/h5-8,14,17H,4H2,1-3H3. The summed E-state index contributed by atoms with van der Waals surface area (Å²) in [5, 5.41) is 7.47. The lowest BCUT2D eigenvalue weighted by atomic mass is 9.99. The lowest BCUT2D eigenvalue weighted by molar-refractivity contribution is 0.503. The number of aromatic nitrogens is 2. The van der Waals surface area contributed by atoms with E-state index in [1.165, 1.54) is 6.07 Å². The first-order valence-electron chi connectivity index (χ1n) is 6.21. The van der Waals surface area contributed by atoms with Crippen LogP contribution in [0.5, 0.6) is 0 Å². The number of aryl methyl sites for hydroxylation is 1. The molecular formula is C14H17F2N3. The van der Waals surface area contributed by atoms with E-state index in [9.17, 15) is 8.78 Å². The van der Waals surface area contributed by atoms with E-state index in [1.807, 2.05) is 20.9 Å². The second kappa shape index (κ2) is 5.48. The lowest BCUT2D eigenvalue weighted by Gasteiger charge is -2.18. The average molecular weight is 265 g/mol. The van der Waals surface area contributed by atoms with Crippen LogP contribution in [0.2, 0.25) is 0 Å². The summed E-state index contributed by atoms with van der Waals surface area (Å²) in [6, 6.07) is 3.79. The first-order chi connectivity index (χ1) is 9.04. The molecule has 0 fully saturated rings. The van der Waals surface area contributed by atoms with Crippen molar-refractivity contribution in [2.75, 3.05) is 6.54 Å². The summed E-state index contributed by atoms with van der Waals surface area (Å²) in [4.78, 5) is 0. The summed E-state index contributed by atoms with van der Waals surface area (Å²) in [6.45, 7) is 4.64. The summed E-state index contributed by atoms with van der Waals surface area (Å²) in [5.41, 5.74) is 2.66. The minimum atomic E-state index is -0.832. The summed E-state index contributed by atoms with van der Waals surface area (Å²) >= 11 is 0. The number of nitrogens with one attached hydrogen (secondary N) is 1. The van der Waals surface area contributed by atoms with Crippen LogP contribution in [0.4, 0.5) is 8.78 Å². The maximum absolute atomic E-state index is 13.4. The Morgan fingerprint density at radius 2 is 2.05 bits per heavy atom. The molecule has 0 aliphatic carbocycles. The molecule has 0 amide bonds. The van der Waals surface area contributed by atoms with Crippen LogP contribution >= 0.6 is 0 Å². The molecule has 2 aromatic rings. The molecule has 5 heteroatoms. The maximum Gasteiger partial charge on any atom is 0.159 e. The zero-order chi connectivity index (χ0) is 14.0. The molecule has 1 aromatic carbocycles. The number of benzene rings is 1. The van der Waals surface area contributed by atoms with Crippen LogP contribution in [0.25, 0.3) is 0 Å². The van der Waals surface area contributed by atoms with Gasteiger partial charge in [0.2, 0.25) is 0 Å². The van der Waals surface area contributed by atoms with Gasteiger partial charge in [-0.05, 0) is 31.2 Å². The molecule has 102 valence electrons. The topological polar surface area (TPSA) is 29.9 Å². The van der Waals surface area contributed by atoms with Crippen molar-refractivity contribution in [2.45, 2.75) is 19.9 Å². The van der Waals surface area contributed by atoms with Crippen molar-refractivity contribution in [3.63, 3.8) is 0 Å². The fourth-order valence-corrected chi connectivity index (χ4v) is 2.10. The van der Waals surface area contributed by atoms with Gasteiger partial charge in [-0.25, -0.2) is 8.78 Å². The van der Waals surface area contributed by atoms with Gasteiger partial charge in [0.05, 0.1) is 12.2 Å². The van der Waals surface area contributed by atoms with Gasteiger partial charge in [0.25, 0.3) is 0 Å². The Bertz CT molecular complexity index is 578. The molecule has 1 heterocycles. The lowest BCUT2D eigenvalue weighted by Crippen LogP contribution is -2.22. The SMILES string of the molecule is CCNC(c1ccc(F)c(F)c1)c1cnn(C)c1C. The molecule has 0 aliphatic heterocycles. The van der Waals surface area contributed by atoms with E-state index in [0.29, 0.717) is 5.56 Å². The molecule has 1 aromatic heterocycles. The summed E-state index contributed by atoms with van der Waals surface area (Å²) < 4.78 is 28.2. The largest absolute Gasteiger partial charge is 0.306 e. The molecule has 0 aliphatic rings. The van der Waals surface area contributed by atoms with Gasteiger partial charge in [-0.15, -0.1) is 0 Å². The molecule has 1 unspecified atom stereocenters. The van der Waals surface area contributed by atoms with E-state index in [2.05, 4.69) is 10.4 Å². The molecule has 3 nitrogen and oxygen atoms in total. The molecule has 0 spiro atoms. The summed E-state index contributed by atoms with van der Waals surface area (Å²) in [7, 11) is 1.85. The van der Waals surface area contributed by atoms with E-state index < -0.39 is 11.6 Å². The van der Waals surface area contributed by atoms with Gasteiger partial charge in [0.15, 0.2) is 11.6 Å². The Hall–Kier alpha value is -1.75. The fraction of sp³-hybridized carbons (Fsp3) is 0.357. The number of nitrogens with zero attached hydrogens (tertiary/aromatic N) is 2. The summed E-state index contributed by atoms with van der Waals surface area (Å²) in [5.74, 6) is -1.66. The molecule has 1 atom stereocenters.